The molecule has 1 heterocycles. The van der Waals surface area contributed by atoms with Gasteiger partial charge < -0.3 is 4.90 Å². The van der Waals surface area contributed by atoms with Gasteiger partial charge in [0.25, 0.3) is 0 Å². The zero-order valence-electron chi connectivity index (χ0n) is 7.95. The van der Waals surface area contributed by atoms with Crippen LogP contribution in [0.4, 0.5) is 5.69 Å². The van der Waals surface area contributed by atoms with Crippen molar-refractivity contribution < 1.29 is 0 Å². The highest BCUT2D eigenvalue weighted by Crippen LogP contribution is 2.28. The molecule has 0 N–H and O–H groups in total. The molecule has 0 spiro atoms. The number of anilines is 1. The third-order valence-electron chi connectivity index (χ3n) is 2.33. The molecule has 1 aliphatic heterocycles. The zero-order chi connectivity index (χ0) is 9.26. The van der Waals surface area contributed by atoms with E-state index >= 15 is 0 Å². The lowest BCUT2D eigenvalue weighted by molar-refractivity contribution is 1.08. The summed E-state index contributed by atoms with van der Waals surface area (Å²) in [6, 6.07) is 6.66. The Bertz CT molecular complexity index is 344. The third kappa shape index (κ3) is 1.59. The van der Waals surface area contributed by atoms with Crippen LogP contribution in [0.1, 0.15) is 5.56 Å². The van der Waals surface area contributed by atoms with E-state index in [1.165, 1.54) is 16.1 Å². The topological polar surface area (TPSA) is 3.24 Å². The summed E-state index contributed by atoms with van der Waals surface area (Å²) >= 11 is 1.80. The number of hydrogen-bond donors (Lipinski definition) is 0. The van der Waals surface area contributed by atoms with Gasteiger partial charge in [0.1, 0.15) is 0 Å². The van der Waals surface area contributed by atoms with Crippen LogP contribution < -0.4 is 4.90 Å². The molecule has 0 amide bonds. The van der Waals surface area contributed by atoms with E-state index in [-0.39, 0.29) is 0 Å². The van der Waals surface area contributed by atoms with E-state index in [4.69, 9.17) is 0 Å². The number of benzene rings is 1. The van der Waals surface area contributed by atoms with Gasteiger partial charge in [0, 0.05) is 23.8 Å². The fraction of sp³-hybridized carbons (Fsp3) is 0.273. The zero-order valence-corrected chi connectivity index (χ0v) is 8.77. The van der Waals surface area contributed by atoms with Gasteiger partial charge in [-0.05, 0) is 36.4 Å². The van der Waals surface area contributed by atoms with E-state index < -0.39 is 0 Å². The lowest BCUT2D eigenvalue weighted by atomic mass is 10.1. The molecule has 1 aliphatic rings. The Morgan fingerprint density at radius 1 is 1.38 bits per heavy atom. The van der Waals surface area contributed by atoms with Crippen LogP contribution in [-0.4, -0.2) is 13.3 Å². The number of fused-ring (bicyclic) bond motifs is 1. The number of hydrogen-bond acceptors (Lipinski definition) is 2. The van der Waals surface area contributed by atoms with Gasteiger partial charge in [0.15, 0.2) is 0 Å². The van der Waals surface area contributed by atoms with Crippen LogP contribution in [-0.2, 0) is 6.42 Å². The second-order valence-electron chi connectivity index (χ2n) is 3.19. The highest BCUT2D eigenvalue weighted by molar-refractivity contribution is 7.98. The quantitative estimate of drug-likeness (QED) is 0.628. The Morgan fingerprint density at radius 3 is 3.00 bits per heavy atom. The van der Waals surface area contributed by atoms with E-state index in [1.807, 2.05) is 0 Å². The van der Waals surface area contributed by atoms with Gasteiger partial charge >= 0.3 is 0 Å². The van der Waals surface area contributed by atoms with E-state index in [0.29, 0.717) is 0 Å². The minimum Gasteiger partial charge on any atom is -0.351 e. The standard InChI is InChI=1S/C11H13NS/c1-12-7-3-4-9-8-10(13-2)5-6-11(9)12/h3,5-8H,4H2,1-2H3. The molecule has 0 bridgehead atoms. The third-order valence-corrected chi connectivity index (χ3v) is 3.06. The highest BCUT2D eigenvalue weighted by Gasteiger charge is 2.08. The van der Waals surface area contributed by atoms with Gasteiger partial charge in [-0.2, -0.15) is 0 Å². The Hall–Kier alpha value is -0.890. The highest BCUT2D eigenvalue weighted by atomic mass is 32.2. The van der Waals surface area contributed by atoms with Crippen LogP contribution in [0.25, 0.3) is 0 Å². The molecule has 1 nitrogen and oxygen atoms in total. The van der Waals surface area contributed by atoms with Gasteiger partial charge in [-0.3, -0.25) is 0 Å². The van der Waals surface area contributed by atoms with Crippen LogP contribution in [0, 0.1) is 0 Å². The van der Waals surface area contributed by atoms with Crippen LogP contribution >= 0.6 is 11.8 Å². The summed E-state index contributed by atoms with van der Waals surface area (Å²) in [6.07, 6.45) is 7.51. The Balaban J connectivity index is 2.43. The normalized spacial score (nSPS) is 14.5. The van der Waals surface area contributed by atoms with Crippen molar-refractivity contribution >= 4 is 17.4 Å². The molecule has 0 aromatic heterocycles. The average Bonchev–Trinajstić information content (AvgIpc) is 2.18. The molecule has 68 valence electrons. The largest absolute Gasteiger partial charge is 0.351 e. The predicted octanol–water partition coefficient (Wildman–Crippen LogP) is 2.91. The molecule has 0 radical (unpaired) electrons. The fourth-order valence-corrected chi connectivity index (χ4v) is 2.08. The molecule has 0 saturated heterocycles. The number of rotatable bonds is 1. The second kappa shape index (κ2) is 3.46. The molecule has 0 aliphatic carbocycles. The van der Waals surface area contributed by atoms with Crippen molar-refractivity contribution in [1.29, 1.82) is 0 Å². The minimum atomic E-state index is 1.06. The monoisotopic (exact) mass is 191 g/mol. The van der Waals surface area contributed by atoms with Crippen molar-refractivity contribution in [2.24, 2.45) is 0 Å². The maximum Gasteiger partial charge on any atom is 0.0439 e. The molecule has 0 atom stereocenters. The molecule has 1 aromatic carbocycles. The fourth-order valence-electron chi connectivity index (χ4n) is 1.61. The molecule has 2 heteroatoms. The van der Waals surface area contributed by atoms with Crippen molar-refractivity contribution in [1.82, 2.24) is 0 Å². The Morgan fingerprint density at radius 2 is 2.23 bits per heavy atom. The molecule has 0 unspecified atom stereocenters. The van der Waals surface area contributed by atoms with E-state index in [0.717, 1.165) is 6.42 Å². The van der Waals surface area contributed by atoms with Crippen molar-refractivity contribution in [3.05, 3.63) is 36.0 Å². The van der Waals surface area contributed by atoms with Gasteiger partial charge in [-0.15, -0.1) is 11.8 Å². The van der Waals surface area contributed by atoms with Gasteiger partial charge in [0.05, 0.1) is 0 Å². The van der Waals surface area contributed by atoms with Crippen molar-refractivity contribution in [3.63, 3.8) is 0 Å². The average molecular weight is 191 g/mol. The van der Waals surface area contributed by atoms with Crippen molar-refractivity contribution in [3.8, 4) is 0 Å². The SMILES string of the molecule is CSc1ccc2c(c1)CC=CN2C. The predicted molar refractivity (Wildman–Crippen MR) is 59.5 cm³/mol. The maximum atomic E-state index is 2.28. The summed E-state index contributed by atoms with van der Waals surface area (Å²) in [7, 11) is 2.09. The van der Waals surface area contributed by atoms with Crippen LogP contribution in [0.3, 0.4) is 0 Å². The molecular formula is C11H13NS. The second-order valence-corrected chi connectivity index (χ2v) is 4.07. The lowest BCUT2D eigenvalue weighted by Crippen LogP contribution is -2.13. The molecule has 0 fully saturated rings. The summed E-state index contributed by atoms with van der Waals surface area (Å²) in [5.74, 6) is 0. The van der Waals surface area contributed by atoms with E-state index in [9.17, 15) is 0 Å². The maximum absolute atomic E-state index is 2.28. The first-order valence-electron chi connectivity index (χ1n) is 4.37. The molecular weight excluding hydrogens is 178 g/mol. The van der Waals surface area contributed by atoms with Crippen molar-refractivity contribution in [2.75, 3.05) is 18.2 Å². The molecule has 0 saturated carbocycles. The summed E-state index contributed by atoms with van der Waals surface area (Å²) in [6.45, 7) is 0. The van der Waals surface area contributed by atoms with Crippen LogP contribution in [0.2, 0.25) is 0 Å². The lowest BCUT2D eigenvalue weighted by Gasteiger charge is -2.22. The van der Waals surface area contributed by atoms with Crippen LogP contribution in [0.5, 0.6) is 0 Å². The first-order chi connectivity index (χ1) is 6.31. The molecule has 1 aromatic rings. The molecule has 2 rings (SSSR count). The van der Waals surface area contributed by atoms with Gasteiger partial charge in [0.2, 0.25) is 0 Å². The van der Waals surface area contributed by atoms with E-state index in [2.05, 4.69) is 48.7 Å². The number of thioether (sulfide) groups is 1. The van der Waals surface area contributed by atoms with Gasteiger partial charge in [-0.1, -0.05) is 6.08 Å². The summed E-state index contributed by atoms with van der Waals surface area (Å²) < 4.78 is 0. The Kier molecular flexibility index (Phi) is 2.32. The minimum absolute atomic E-state index is 1.06. The first-order valence-corrected chi connectivity index (χ1v) is 5.60. The number of nitrogens with zero attached hydrogens (tertiary/aromatic N) is 1. The molecule has 13 heavy (non-hydrogen) atoms. The van der Waals surface area contributed by atoms with Crippen LogP contribution in [0.15, 0.2) is 35.4 Å². The Labute approximate surface area is 83.4 Å². The summed E-state index contributed by atoms with van der Waals surface area (Å²) in [4.78, 5) is 3.52. The smallest absolute Gasteiger partial charge is 0.0439 e. The summed E-state index contributed by atoms with van der Waals surface area (Å²) in [5, 5.41) is 0. The summed E-state index contributed by atoms with van der Waals surface area (Å²) in [5.41, 5.74) is 2.76. The van der Waals surface area contributed by atoms with Crippen molar-refractivity contribution in [2.45, 2.75) is 11.3 Å². The number of allylic oxidation sites excluding steroid dienone is 1. The van der Waals surface area contributed by atoms with Gasteiger partial charge in [-0.25, -0.2) is 0 Å². The first kappa shape index (κ1) is 8.70. The van der Waals surface area contributed by atoms with E-state index in [1.54, 1.807) is 11.8 Å².